The van der Waals surface area contributed by atoms with Crippen LogP contribution in [0.2, 0.25) is 20.5 Å². The van der Waals surface area contributed by atoms with Gasteiger partial charge >= 0.3 is 130 Å². The molecule has 0 bridgehead atoms. The van der Waals surface area contributed by atoms with Gasteiger partial charge in [0.05, 0.1) is 74.1 Å². The molecular weight excluding hydrogens is 2070 g/mol. The van der Waals surface area contributed by atoms with E-state index in [1.54, 1.807) is 41.3 Å². The first kappa shape index (κ1) is 125. The molecule has 11 rings (SSSR count). The first-order valence-corrected chi connectivity index (χ1v) is 47.2. The van der Waals surface area contributed by atoms with Gasteiger partial charge in [0.15, 0.2) is 14.9 Å². The molecule has 0 amide bonds. The van der Waals surface area contributed by atoms with E-state index in [1.165, 1.54) is 68.5 Å². The molecule has 788 valence electrons. The number of halogens is 19. The molecule has 0 spiro atoms. The van der Waals surface area contributed by atoms with Crippen molar-refractivity contribution in [2.45, 2.75) is 181 Å². The van der Waals surface area contributed by atoms with E-state index < -0.39 is 207 Å². The number of hydrogen-bond donors (Lipinski definition) is 1. The van der Waals surface area contributed by atoms with E-state index in [0.717, 1.165) is 85.6 Å². The fraction of sp³-hybridized carbons (Fsp3) is 0.462. The summed E-state index contributed by atoms with van der Waals surface area (Å²) in [5, 5.41) is 34.8. The van der Waals surface area contributed by atoms with E-state index in [-0.39, 0.29) is 66.4 Å². The zero-order chi connectivity index (χ0) is 108. The highest BCUT2D eigenvalue weighted by molar-refractivity contribution is 7.88. The Morgan fingerprint density at radius 2 is 0.611 bits per heavy atom. The summed E-state index contributed by atoms with van der Waals surface area (Å²) in [5.41, 5.74) is -22.9. The largest absolute Gasteiger partial charge is 0.640 e. The van der Waals surface area contributed by atoms with Crippen LogP contribution in [0.25, 0.3) is 14.9 Å². The van der Waals surface area contributed by atoms with Crippen LogP contribution in [0.1, 0.15) is 114 Å². The Kier molecular flexibility index (Phi) is 48.3. The van der Waals surface area contributed by atoms with Crippen molar-refractivity contribution in [3.05, 3.63) is 222 Å². The fourth-order valence-corrected chi connectivity index (χ4v) is 12.6. The van der Waals surface area contributed by atoms with Crippen LogP contribution in [0, 0.1) is 62.3 Å². The maximum absolute atomic E-state index is 13.4. The summed E-state index contributed by atoms with van der Waals surface area (Å²) in [6, 6.07) is 20.8. The molecule has 0 aliphatic carbocycles. The van der Waals surface area contributed by atoms with Crippen molar-refractivity contribution in [2.75, 3.05) is 46.8 Å². The third-order valence-electron chi connectivity index (χ3n) is 18.5. The zero-order valence-electron chi connectivity index (χ0n) is 77.8. The third-order valence-corrected chi connectivity index (χ3v) is 22.4. The Hall–Kier alpha value is -9.80. The van der Waals surface area contributed by atoms with E-state index in [1.807, 2.05) is 27.7 Å². The van der Waals surface area contributed by atoms with Crippen molar-refractivity contribution >= 4 is 108 Å². The predicted octanol–water partition coefficient (Wildman–Crippen LogP) is 18.1. The average molecular weight is 2160 g/mol. The minimum Gasteiger partial charge on any atom is -0.427 e. The summed E-state index contributed by atoms with van der Waals surface area (Å²) in [4.78, 5) is 9.05. The zero-order valence-corrected chi connectivity index (χ0v) is 81.1. The number of nitrogens with zero attached hydrogens (tertiary/aromatic N) is 6. The van der Waals surface area contributed by atoms with Crippen LogP contribution in [0.5, 0.6) is 23.0 Å². The van der Waals surface area contributed by atoms with Crippen molar-refractivity contribution in [1.29, 1.82) is 16.2 Å². The normalized spacial score (nSPS) is 15.3. The van der Waals surface area contributed by atoms with Gasteiger partial charge in [-0.1, -0.05) is 13.8 Å². The van der Waals surface area contributed by atoms with Gasteiger partial charge in [-0.3, -0.25) is 0 Å². The molecule has 0 aromatic heterocycles. The predicted molar refractivity (Wildman–Crippen MR) is 472 cm³/mol. The Morgan fingerprint density at radius 1 is 0.368 bits per heavy atom. The Bertz CT molecular complexity index is 5920. The first-order chi connectivity index (χ1) is 66.7. The molecule has 4 aliphatic heterocycles. The van der Waals surface area contributed by atoms with Gasteiger partial charge in [0.2, 0.25) is 16.2 Å². The second kappa shape index (κ2) is 55.8. The van der Waals surface area contributed by atoms with Gasteiger partial charge in [0.25, 0.3) is 0 Å². The van der Waals surface area contributed by atoms with Crippen LogP contribution in [0.15, 0.2) is 127 Å². The summed E-state index contributed by atoms with van der Waals surface area (Å²) >= 11 is 0. The van der Waals surface area contributed by atoms with Crippen molar-refractivity contribution in [2.24, 2.45) is 5.41 Å². The van der Waals surface area contributed by atoms with Crippen molar-refractivity contribution < 1.29 is 218 Å². The molecule has 144 heavy (non-hydrogen) atoms. The Balaban J connectivity index is 0.000000299. The number of hydrogen-bond acceptors (Lipinski definition) is 33. The second-order valence-corrected chi connectivity index (χ2v) is 37.8. The standard InChI is InChI=1S/C14H17BF4O6S.C13H15BF4O6S.C12H13BF4O6S.C11H11BF4O6S.C11H15BFN2O2.C9H11BFN2O2.C8H9BFN2O2/c1-12(2)13(3,4)25-15(24-12)22-8-9-7-10(16)5-6-11(9)23-26(20,21)14(17,18)19;1-12(2)7-22-14(23-8-12)21-6-9-5-10(15)3-4-11(9)24-25(19,20)13(16,17)18;14-10-3-4-11(23-24(18,19)12(15,16)17)9(7-10)8-22-13-20-5-1-2-6-21-13;13-9-2-3-10(22-23(17,18)11(14,15)16)8(6-9)7-21-12-19-4-1-5-20-12;1-8(2)17-12(3)16-7-9-6-10(13)4-5-11(9)15-14;1-10(14-2)15-6-7-5-8(11)3-4-9(7)13-12;1-9(13)14-5-6-4-7(10)2-3-8(6)12-11/h5-7H,8H2,1-4H3;3-5H,6-8H2,1-2H3;3-4,7H,1-2,5-6,8H2;2-3,6H,1,4-5,7H2;4-6,8H,7H2,1-3H3;3-5H,6H2,1-2H3;2-4,13H,5H2,1H3/q;;;;3*+1. The van der Waals surface area contributed by atoms with Gasteiger partial charge in [-0.2, -0.15) is 86.4 Å². The molecule has 0 atom stereocenters. The van der Waals surface area contributed by atoms with Gasteiger partial charge in [-0.25, -0.2) is 30.7 Å². The highest BCUT2D eigenvalue weighted by atomic mass is 32.2. The lowest BCUT2D eigenvalue weighted by Crippen LogP contribution is -2.42. The number of benzene rings is 7. The number of alkyl halides is 12. The molecule has 0 unspecified atom stereocenters. The third kappa shape index (κ3) is 42.2. The molecule has 7 aromatic rings. The maximum atomic E-state index is 13.4. The summed E-state index contributed by atoms with van der Waals surface area (Å²) in [7, 11) is -28.2. The van der Waals surface area contributed by atoms with E-state index in [2.05, 4.69) is 31.7 Å². The lowest BCUT2D eigenvalue weighted by atomic mass is 9.90. The molecule has 7 aromatic carbocycles. The van der Waals surface area contributed by atoms with E-state index >= 15 is 0 Å². The molecule has 0 radical (unpaired) electrons. The lowest BCUT2D eigenvalue weighted by molar-refractivity contribution is -0.0505. The summed E-state index contributed by atoms with van der Waals surface area (Å²) in [6.45, 7) is 19.9. The smallest absolute Gasteiger partial charge is 0.427 e. The molecule has 4 fully saturated rings. The first-order valence-electron chi connectivity index (χ1n) is 41.5. The van der Waals surface area contributed by atoms with Crippen LogP contribution in [-0.2, 0) is 166 Å². The van der Waals surface area contributed by atoms with Gasteiger partial charge in [-0.05, 0) is 190 Å². The average Bonchev–Trinajstić information content (AvgIpc) is 1.59. The van der Waals surface area contributed by atoms with E-state index in [0.29, 0.717) is 74.1 Å². The molecular formula is C78H91B7F19N6O30S4+3. The van der Waals surface area contributed by atoms with Crippen molar-refractivity contribution in [1.82, 2.24) is 0 Å². The van der Waals surface area contributed by atoms with Crippen LogP contribution in [0.3, 0.4) is 0 Å². The summed E-state index contributed by atoms with van der Waals surface area (Å²) in [6.07, 6.45) is 2.20. The maximum Gasteiger partial charge on any atom is 0.640 e. The molecule has 1 N–H and O–H groups in total. The minimum atomic E-state index is -5.90. The summed E-state index contributed by atoms with van der Waals surface area (Å²) in [5.74, 6) is -7.24. The topological polar surface area (TPSA) is 435 Å². The molecule has 66 heteroatoms. The van der Waals surface area contributed by atoms with Gasteiger partial charge in [0, 0.05) is 98.7 Å². The van der Waals surface area contributed by atoms with Crippen molar-refractivity contribution in [3.8, 4) is 23.0 Å². The SMILES string of the molecule is CB(O)OCc1cc(F)ccc1[N+]#N.CB(OCc1cc(F)ccc1[N+]#N)OC(C)C.CC1(C)COB(OCc2cc(F)ccc2OS(=O)(=O)C(F)(F)F)OC1.CC1(C)OB(OCc2cc(F)ccc2OS(=O)(=O)C(F)(F)F)OC1(C)C.COB(C)OCc1cc(F)ccc1[N+]#N.O=S(=O)(Oc1ccc(F)cc1COB1OCCCCO1)C(F)(F)F.O=S(=O)(Oc1ccc(F)cc1COB1OCCCO1)C(F)(F)F. The molecule has 36 nitrogen and oxygen atoms in total. The van der Waals surface area contributed by atoms with E-state index in [9.17, 15) is 117 Å². The van der Waals surface area contributed by atoms with Crippen LogP contribution in [0.4, 0.5) is 100 Å². The quantitative estimate of drug-likeness (QED) is 0.0134. The van der Waals surface area contributed by atoms with Crippen LogP contribution >= 0.6 is 0 Å². The molecule has 4 saturated heterocycles. The fourth-order valence-electron chi connectivity index (χ4n) is 10.6. The monoisotopic (exact) mass is 2160 g/mol. The summed E-state index contributed by atoms with van der Waals surface area (Å²) < 4.78 is 434. The number of rotatable bonds is 32. The highest BCUT2D eigenvalue weighted by Gasteiger charge is 2.55. The number of diazo groups is 3. The molecule has 4 aliphatic rings. The Morgan fingerprint density at radius 3 is 0.868 bits per heavy atom. The minimum absolute atomic E-state index is 0.00514. The van der Waals surface area contributed by atoms with Crippen LogP contribution < -0.4 is 16.7 Å². The van der Waals surface area contributed by atoms with Gasteiger partial charge < -0.3 is 101 Å². The van der Waals surface area contributed by atoms with Gasteiger partial charge in [-0.15, -0.1) is 0 Å². The lowest BCUT2D eigenvalue weighted by Gasteiger charge is -2.32. The highest BCUT2D eigenvalue weighted by Crippen LogP contribution is 2.40. The molecule has 4 heterocycles. The van der Waals surface area contributed by atoms with Crippen LogP contribution in [-0.4, -0.2) is 175 Å². The molecule has 0 saturated carbocycles. The van der Waals surface area contributed by atoms with E-state index in [4.69, 9.17) is 100 Å². The Labute approximate surface area is 816 Å². The van der Waals surface area contributed by atoms with Gasteiger partial charge in [0.1, 0.15) is 63.7 Å². The second-order valence-electron chi connectivity index (χ2n) is 31.6. The van der Waals surface area contributed by atoms with Crippen molar-refractivity contribution in [3.63, 3.8) is 0 Å².